The van der Waals surface area contributed by atoms with Crippen molar-refractivity contribution in [2.24, 2.45) is 4.99 Å². The molecule has 0 saturated carbocycles. The third kappa shape index (κ3) is 7.73. The van der Waals surface area contributed by atoms with Crippen LogP contribution in [0.3, 0.4) is 0 Å². The number of aliphatic hydroxyl groups is 1. The second kappa shape index (κ2) is 13.0. The minimum atomic E-state index is -0.747. The fourth-order valence-corrected chi connectivity index (χ4v) is 3.00. The number of nitrogens with zero attached hydrogens (tertiary/aromatic N) is 1. The maximum atomic E-state index is 10.5. The Kier molecular flexibility index (Phi) is 11.5. The van der Waals surface area contributed by atoms with Gasteiger partial charge in [0.05, 0.1) is 26.9 Å². The van der Waals surface area contributed by atoms with Crippen LogP contribution in [0.25, 0.3) is 0 Å². The maximum absolute atomic E-state index is 10.5. The zero-order valence-electron chi connectivity index (χ0n) is 16.5. The largest absolute Gasteiger partial charge is 0.493 e. The molecular weight excluding hydrogens is 528 g/mol. The first-order chi connectivity index (χ1) is 13.5. The van der Waals surface area contributed by atoms with E-state index in [1.165, 1.54) is 0 Å². The van der Waals surface area contributed by atoms with Gasteiger partial charge in [-0.15, -0.1) is 24.0 Å². The van der Waals surface area contributed by atoms with E-state index in [4.69, 9.17) is 32.7 Å². The summed E-state index contributed by atoms with van der Waals surface area (Å²) in [6.07, 6.45) is -0.747. The van der Waals surface area contributed by atoms with Gasteiger partial charge < -0.3 is 25.2 Å². The van der Waals surface area contributed by atoms with Gasteiger partial charge in [-0.05, 0) is 42.3 Å². The highest BCUT2D eigenvalue weighted by molar-refractivity contribution is 14.0. The average molecular weight is 554 g/mol. The molecule has 0 bridgehead atoms. The first-order valence-corrected chi connectivity index (χ1v) is 9.60. The van der Waals surface area contributed by atoms with Crippen molar-refractivity contribution in [3.63, 3.8) is 0 Å². The van der Waals surface area contributed by atoms with E-state index in [1.807, 2.05) is 13.0 Å². The lowest BCUT2D eigenvalue weighted by atomic mass is 10.1. The van der Waals surface area contributed by atoms with Crippen LogP contribution in [-0.2, 0) is 6.54 Å². The standard InChI is InChI=1S/C20H25Cl2N3O3.HI/c1-4-23-20(24-11-14-5-7-15(21)10-16(14)22)25-12-17(26)13-6-8-18(27-2)19(9-13)28-3;/h5-10,17,26H,4,11-12H2,1-3H3,(H2,23,24,25);1H. The number of aliphatic imine (C=N–C) groups is 1. The number of guanidine groups is 1. The summed E-state index contributed by atoms with van der Waals surface area (Å²) >= 11 is 12.1. The van der Waals surface area contributed by atoms with E-state index in [2.05, 4.69) is 15.6 Å². The Morgan fingerprint density at radius 3 is 2.41 bits per heavy atom. The highest BCUT2D eigenvalue weighted by atomic mass is 127. The Balaban J connectivity index is 0.00000420. The fourth-order valence-electron chi connectivity index (χ4n) is 2.53. The molecule has 0 saturated heterocycles. The van der Waals surface area contributed by atoms with Gasteiger partial charge in [-0.25, -0.2) is 4.99 Å². The molecule has 29 heavy (non-hydrogen) atoms. The zero-order valence-corrected chi connectivity index (χ0v) is 20.4. The lowest BCUT2D eigenvalue weighted by molar-refractivity contribution is 0.180. The second-order valence-corrected chi connectivity index (χ2v) is 6.79. The molecule has 0 aromatic heterocycles. The van der Waals surface area contributed by atoms with E-state index in [9.17, 15) is 5.11 Å². The summed E-state index contributed by atoms with van der Waals surface area (Å²) in [5.41, 5.74) is 1.57. The molecule has 0 fully saturated rings. The molecule has 0 aliphatic rings. The summed E-state index contributed by atoms with van der Waals surface area (Å²) in [5, 5.41) is 17.9. The summed E-state index contributed by atoms with van der Waals surface area (Å²) in [4.78, 5) is 4.51. The summed E-state index contributed by atoms with van der Waals surface area (Å²) in [7, 11) is 3.13. The van der Waals surface area contributed by atoms with Crippen molar-refractivity contribution in [1.82, 2.24) is 10.6 Å². The molecule has 0 amide bonds. The van der Waals surface area contributed by atoms with Gasteiger partial charge in [-0.3, -0.25) is 0 Å². The molecule has 2 aromatic rings. The van der Waals surface area contributed by atoms with Gasteiger partial charge in [-0.2, -0.15) is 0 Å². The van der Waals surface area contributed by atoms with Crippen molar-refractivity contribution in [2.45, 2.75) is 19.6 Å². The van der Waals surface area contributed by atoms with Crippen LogP contribution in [0.1, 0.15) is 24.2 Å². The van der Waals surface area contributed by atoms with E-state index in [-0.39, 0.29) is 30.5 Å². The topological polar surface area (TPSA) is 75.1 Å². The lowest BCUT2D eigenvalue weighted by Gasteiger charge is -2.17. The summed E-state index contributed by atoms with van der Waals surface area (Å²) in [6.45, 7) is 3.32. The first kappa shape index (κ1) is 25.6. The molecule has 0 heterocycles. The van der Waals surface area contributed by atoms with E-state index >= 15 is 0 Å². The average Bonchev–Trinajstić information content (AvgIpc) is 2.70. The van der Waals surface area contributed by atoms with Gasteiger partial charge in [0.2, 0.25) is 0 Å². The van der Waals surface area contributed by atoms with Crippen molar-refractivity contribution < 1.29 is 14.6 Å². The molecule has 9 heteroatoms. The molecule has 0 spiro atoms. The highest BCUT2D eigenvalue weighted by Crippen LogP contribution is 2.29. The Bertz CT molecular complexity index is 822. The van der Waals surface area contributed by atoms with Crippen LogP contribution in [0, 0.1) is 0 Å². The first-order valence-electron chi connectivity index (χ1n) is 8.84. The quantitative estimate of drug-likeness (QED) is 0.256. The molecule has 160 valence electrons. The molecule has 3 N–H and O–H groups in total. The predicted octanol–water partition coefficient (Wildman–Crippen LogP) is 4.42. The molecule has 1 atom stereocenters. The van der Waals surface area contributed by atoms with E-state index in [0.717, 1.165) is 5.56 Å². The van der Waals surface area contributed by atoms with Crippen LogP contribution in [-0.4, -0.2) is 38.4 Å². The van der Waals surface area contributed by atoms with Gasteiger partial charge in [0.25, 0.3) is 0 Å². The molecular formula is C20H26Cl2IN3O3. The van der Waals surface area contributed by atoms with Crippen molar-refractivity contribution in [3.05, 3.63) is 57.6 Å². The van der Waals surface area contributed by atoms with Crippen LogP contribution >= 0.6 is 47.2 Å². The minimum Gasteiger partial charge on any atom is -0.493 e. The number of hydrogen-bond acceptors (Lipinski definition) is 4. The Labute approximate surface area is 198 Å². The summed E-state index contributed by atoms with van der Waals surface area (Å²) in [6, 6.07) is 10.6. The Morgan fingerprint density at radius 1 is 1.07 bits per heavy atom. The SMILES string of the molecule is CCNC(=NCc1ccc(Cl)cc1Cl)NCC(O)c1ccc(OC)c(OC)c1.I. The maximum Gasteiger partial charge on any atom is 0.191 e. The number of methoxy groups -OCH3 is 2. The number of benzene rings is 2. The zero-order chi connectivity index (χ0) is 20.5. The molecule has 2 aromatic carbocycles. The molecule has 0 aliphatic heterocycles. The smallest absolute Gasteiger partial charge is 0.191 e. The van der Waals surface area contributed by atoms with Gasteiger partial charge in [0, 0.05) is 23.1 Å². The number of hydrogen-bond donors (Lipinski definition) is 3. The van der Waals surface area contributed by atoms with Crippen LogP contribution in [0.4, 0.5) is 0 Å². The fraction of sp³-hybridized carbons (Fsp3) is 0.350. The predicted molar refractivity (Wildman–Crippen MR) is 129 cm³/mol. The third-order valence-corrected chi connectivity index (χ3v) is 4.61. The number of rotatable bonds is 8. The second-order valence-electron chi connectivity index (χ2n) is 5.94. The molecule has 0 aliphatic carbocycles. The number of aliphatic hydroxyl groups excluding tert-OH is 1. The van der Waals surface area contributed by atoms with Crippen molar-refractivity contribution in [1.29, 1.82) is 0 Å². The van der Waals surface area contributed by atoms with E-state index in [0.29, 0.717) is 46.2 Å². The number of ether oxygens (including phenoxy) is 2. The molecule has 2 rings (SSSR count). The number of nitrogens with one attached hydrogen (secondary N) is 2. The van der Waals surface area contributed by atoms with E-state index in [1.54, 1.807) is 44.6 Å². The van der Waals surface area contributed by atoms with Crippen LogP contribution < -0.4 is 20.1 Å². The molecule has 6 nitrogen and oxygen atoms in total. The number of halogens is 3. The van der Waals surface area contributed by atoms with Crippen LogP contribution in [0.5, 0.6) is 11.5 Å². The molecule has 0 radical (unpaired) electrons. The van der Waals surface area contributed by atoms with Gasteiger partial charge in [0.1, 0.15) is 0 Å². The van der Waals surface area contributed by atoms with Gasteiger partial charge >= 0.3 is 0 Å². The van der Waals surface area contributed by atoms with Crippen molar-refractivity contribution in [3.8, 4) is 11.5 Å². The van der Waals surface area contributed by atoms with Gasteiger partial charge in [-0.1, -0.05) is 35.3 Å². The van der Waals surface area contributed by atoms with E-state index < -0.39 is 6.10 Å². The van der Waals surface area contributed by atoms with Crippen molar-refractivity contribution in [2.75, 3.05) is 27.3 Å². The molecule has 1 unspecified atom stereocenters. The van der Waals surface area contributed by atoms with Gasteiger partial charge in [0.15, 0.2) is 17.5 Å². The highest BCUT2D eigenvalue weighted by Gasteiger charge is 2.12. The lowest BCUT2D eigenvalue weighted by Crippen LogP contribution is -2.39. The minimum absolute atomic E-state index is 0. The van der Waals surface area contributed by atoms with Crippen molar-refractivity contribution >= 4 is 53.1 Å². The monoisotopic (exact) mass is 553 g/mol. The van der Waals surface area contributed by atoms with Crippen LogP contribution in [0.2, 0.25) is 10.0 Å². The Hall–Kier alpha value is -1.42. The normalized spacial score (nSPS) is 12.0. The van der Waals surface area contributed by atoms with Crippen LogP contribution in [0.15, 0.2) is 41.4 Å². The summed E-state index contributed by atoms with van der Waals surface area (Å²) < 4.78 is 10.5. The Morgan fingerprint density at radius 2 is 1.79 bits per heavy atom. The third-order valence-electron chi connectivity index (χ3n) is 4.02. The summed E-state index contributed by atoms with van der Waals surface area (Å²) in [5.74, 6) is 1.76.